The number of morpholine rings is 1. The second-order valence-corrected chi connectivity index (χ2v) is 9.32. The number of hydrogen-bond donors (Lipinski definition) is 1. The lowest BCUT2D eigenvalue weighted by Crippen LogP contribution is -2.48. The molecule has 1 atom stereocenters. The van der Waals surface area contributed by atoms with Crippen LogP contribution >= 0.6 is 0 Å². The summed E-state index contributed by atoms with van der Waals surface area (Å²) in [5, 5.41) is 3.06. The molecule has 32 heavy (non-hydrogen) atoms. The molecule has 3 amide bonds. The van der Waals surface area contributed by atoms with Gasteiger partial charge in [0.15, 0.2) is 0 Å². The number of nitrogens with one attached hydrogen (secondary N) is 1. The fourth-order valence-electron chi connectivity index (χ4n) is 4.90. The molecule has 2 aliphatic heterocycles. The highest BCUT2D eigenvalue weighted by molar-refractivity contribution is 5.80. The van der Waals surface area contributed by atoms with E-state index in [2.05, 4.69) is 27.2 Å². The summed E-state index contributed by atoms with van der Waals surface area (Å²) in [6, 6.07) is 10.4. The van der Waals surface area contributed by atoms with Crippen molar-refractivity contribution in [1.82, 2.24) is 20.0 Å². The van der Waals surface area contributed by atoms with Crippen molar-refractivity contribution in [1.29, 1.82) is 0 Å². The lowest BCUT2D eigenvalue weighted by Gasteiger charge is -2.36. The second-order valence-electron chi connectivity index (χ2n) is 9.32. The summed E-state index contributed by atoms with van der Waals surface area (Å²) in [5.74, 6) is 0.515. The Morgan fingerprint density at radius 2 is 1.84 bits per heavy atom. The van der Waals surface area contributed by atoms with Crippen molar-refractivity contribution in [3.05, 3.63) is 35.9 Å². The van der Waals surface area contributed by atoms with E-state index >= 15 is 0 Å². The van der Waals surface area contributed by atoms with Crippen molar-refractivity contribution >= 4 is 11.9 Å². The first-order valence-corrected chi connectivity index (χ1v) is 12.4. The minimum Gasteiger partial charge on any atom is -0.379 e. The van der Waals surface area contributed by atoms with E-state index in [4.69, 9.17) is 4.74 Å². The Balaban J connectivity index is 1.25. The zero-order valence-electron chi connectivity index (χ0n) is 19.2. The summed E-state index contributed by atoms with van der Waals surface area (Å²) in [7, 11) is 0. The molecule has 1 aromatic rings. The third-order valence-electron chi connectivity index (χ3n) is 7.14. The molecule has 4 rings (SSSR count). The largest absolute Gasteiger partial charge is 0.379 e. The topological polar surface area (TPSA) is 65.1 Å². The Kier molecular flexibility index (Phi) is 8.40. The molecule has 7 nitrogen and oxygen atoms in total. The molecule has 0 radical (unpaired) electrons. The van der Waals surface area contributed by atoms with Gasteiger partial charge in [-0.25, -0.2) is 4.79 Å². The van der Waals surface area contributed by atoms with E-state index < -0.39 is 0 Å². The molecule has 1 aliphatic carbocycles. The number of ether oxygens (including phenoxy) is 1. The van der Waals surface area contributed by atoms with E-state index in [9.17, 15) is 9.59 Å². The van der Waals surface area contributed by atoms with Crippen molar-refractivity contribution in [2.45, 2.75) is 44.6 Å². The molecular weight excluding hydrogens is 404 g/mol. The van der Waals surface area contributed by atoms with Crippen molar-refractivity contribution in [3.63, 3.8) is 0 Å². The van der Waals surface area contributed by atoms with Crippen molar-refractivity contribution < 1.29 is 14.3 Å². The summed E-state index contributed by atoms with van der Waals surface area (Å²) in [4.78, 5) is 32.3. The summed E-state index contributed by atoms with van der Waals surface area (Å²) < 4.78 is 5.44. The number of likely N-dealkylation sites (tertiary alicyclic amines) is 1. The first-order chi connectivity index (χ1) is 15.7. The van der Waals surface area contributed by atoms with Crippen LogP contribution in [0.4, 0.5) is 4.79 Å². The Bertz CT molecular complexity index is 734. The lowest BCUT2D eigenvalue weighted by atomic mass is 9.84. The molecule has 7 heteroatoms. The SMILES string of the molecule is O=C(NCCc1ccccc1)N1CCC(N(CCCN2CCOCC2)C(=O)C2CCC2)C1. The van der Waals surface area contributed by atoms with Crippen molar-refractivity contribution in [3.8, 4) is 0 Å². The lowest BCUT2D eigenvalue weighted by molar-refractivity contribution is -0.140. The minimum atomic E-state index is -0.00668. The molecule has 3 aliphatic rings. The van der Waals surface area contributed by atoms with Gasteiger partial charge in [-0.3, -0.25) is 9.69 Å². The van der Waals surface area contributed by atoms with Gasteiger partial charge in [0, 0.05) is 51.7 Å². The summed E-state index contributed by atoms with van der Waals surface area (Å²) in [5.41, 5.74) is 1.23. The maximum Gasteiger partial charge on any atom is 0.317 e. The first kappa shape index (κ1) is 23.1. The molecule has 1 N–H and O–H groups in total. The summed E-state index contributed by atoms with van der Waals surface area (Å²) in [6.45, 7) is 7.38. The van der Waals surface area contributed by atoms with Gasteiger partial charge in [0.1, 0.15) is 0 Å². The molecule has 2 heterocycles. The van der Waals surface area contributed by atoms with E-state index in [1.54, 1.807) is 0 Å². The molecule has 2 saturated heterocycles. The Hall–Kier alpha value is -2.12. The van der Waals surface area contributed by atoms with E-state index in [1.807, 2.05) is 23.1 Å². The van der Waals surface area contributed by atoms with Crippen LogP contribution < -0.4 is 5.32 Å². The zero-order chi connectivity index (χ0) is 22.2. The highest BCUT2D eigenvalue weighted by Crippen LogP contribution is 2.30. The van der Waals surface area contributed by atoms with Crippen LogP contribution in [0.5, 0.6) is 0 Å². The predicted molar refractivity (Wildman–Crippen MR) is 124 cm³/mol. The van der Waals surface area contributed by atoms with Gasteiger partial charge in [-0.15, -0.1) is 0 Å². The van der Waals surface area contributed by atoms with Gasteiger partial charge < -0.3 is 19.9 Å². The van der Waals surface area contributed by atoms with Crippen LogP contribution in [0.1, 0.15) is 37.7 Å². The van der Waals surface area contributed by atoms with Crippen LogP contribution in [0.2, 0.25) is 0 Å². The number of carbonyl (C=O) groups excluding carboxylic acids is 2. The highest BCUT2D eigenvalue weighted by atomic mass is 16.5. The molecular formula is C25H38N4O3. The number of urea groups is 1. The number of carbonyl (C=O) groups is 2. The quantitative estimate of drug-likeness (QED) is 0.638. The van der Waals surface area contributed by atoms with Crippen LogP contribution in [0.3, 0.4) is 0 Å². The molecule has 3 fully saturated rings. The third-order valence-corrected chi connectivity index (χ3v) is 7.14. The van der Waals surface area contributed by atoms with Gasteiger partial charge in [0.05, 0.1) is 19.3 Å². The number of rotatable bonds is 9. The third kappa shape index (κ3) is 6.23. The fraction of sp³-hybridized carbons (Fsp3) is 0.680. The molecule has 0 bridgehead atoms. The standard InChI is InChI=1S/C25H38N4O3/c30-24(22-8-4-9-22)29(14-5-13-27-16-18-32-19-17-27)23-11-15-28(20-23)25(31)26-12-10-21-6-2-1-3-7-21/h1-3,6-7,22-23H,4-5,8-20H2,(H,26,31). The van der Waals surface area contributed by atoms with E-state index in [0.29, 0.717) is 19.0 Å². The maximum atomic E-state index is 13.2. The van der Waals surface area contributed by atoms with Gasteiger partial charge >= 0.3 is 6.03 Å². The normalized spacial score (nSPS) is 21.9. The monoisotopic (exact) mass is 442 g/mol. The maximum absolute atomic E-state index is 13.2. The van der Waals surface area contributed by atoms with Crippen LogP contribution in [-0.2, 0) is 16.0 Å². The first-order valence-electron chi connectivity index (χ1n) is 12.4. The number of nitrogens with zero attached hydrogens (tertiary/aromatic N) is 3. The fourth-order valence-corrected chi connectivity index (χ4v) is 4.90. The highest BCUT2D eigenvalue weighted by Gasteiger charge is 2.37. The van der Waals surface area contributed by atoms with Gasteiger partial charge in [-0.2, -0.15) is 0 Å². The predicted octanol–water partition coefficient (Wildman–Crippen LogP) is 2.36. The average Bonchev–Trinajstić information content (AvgIpc) is 3.27. The summed E-state index contributed by atoms with van der Waals surface area (Å²) >= 11 is 0. The second kappa shape index (κ2) is 11.7. The van der Waals surface area contributed by atoms with E-state index in [1.165, 1.54) is 12.0 Å². The smallest absolute Gasteiger partial charge is 0.317 e. The van der Waals surface area contributed by atoms with E-state index in [-0.39, 0.29) is 18.0 Å². The number of amides is 3. The van der Waals surface area contributed by atoms with Gasteiger partial charge in [0.25, 0.3) is 0 Å². The van der Waals surface area contributed by atoms with E-state index in [0.717, 1.165) is 78.0 Å². The Labute approximate surface area is 192 Å². The molecule has 1 saturated carbocycles. The summed E-state index contributed by atoms with van der Waals surface area (Å²) in [6.07, 6.45) is 5.90. The van der Waals surface area contributed by atoms with Crippen LogP contribution in [0.25, 0.3) is 0 Å². The number of hydrogen-bond acceptors (Lipinski definition) is 4. The molecule has 1 unspecified atom stereocenters. The van der Waals surface area contributed by atoms with Crippen molar-refractivity contribution in [2.24, 2.45) is 5.92 Å². The Morgan fingerprint density at radius 1 is 1.06 bits per heavy atom. The van der Waals surface area contributed by atoms with Crippen LogP contribution in [0.15, 0.2) is 30.3 Å². The molecule has 1 aromatic carbocycles. The molecule has 0 spiro atoms. The van der Waals surface area contributed by atoms with Gasteiger partial charge in [-0.1, -0.05) is 36.8 Å². The Morgan fingerprint density at radius 3 is 2.56 bits per heavy atom. The minimum absolute atomic E-state index is 0.00668. The molecule has 176 valence electrons. The van der Waals surface area contributed by atoms with Gasteiger partial charge in [-0.05, 0) is 37.7 Å². The zero-order valence-corrected chi connectivity index (χ0v) is 19.2. The van der Waals surface area contributed by atoms with Gasteiger partial charge in [0.2, 0.25) is 5.91 Å². The average molecular weight is 443 g/mol. The van der Waals surface area contributed by atoms with Crippen LogP contribution in [-0.4, -0.2) is 91.7 Å². The number of benzene rings is 1. The molecule has 0 aromatic heterocycles. The van der Waals surface area contributed by atoms with Crippen molar-refractivity contribution in [2.75, 3.05) is 59.0 Å². The van der Waals surface area contributed by atoms with Crippen LogP contribution in [0, 0.1) is 5.92 Å².